The average Bonchev–Trinajstić information content (AvgIpc) is 2.59. The van der Waals surface area contributed by atoms with Crippen molar-refractivity contribution in [3.05, 3.63) is 59.9 Å². The van der Waals surface area contributed by atoms with Crippen LogP contribution >= 0.6 is 0 Å². The zero-order chi connectivity index (χ0) is 18.0. The molecule has 0 radical (unpaired) electrons. The summed E-state index contributed by atoms with van der Waals surface area (Å²) in [5.41, 5.74) is 1.37. The Morgan fingerprint density at radius 3 is 2.64 bits per heavy atom. The lowest BCUT2D eigenvalue weighted by Crippen LogP contribution is -2.49. The molecule has 1 heterocycles. The van der Waals surface area contributed by atoms with Crippen molar-refractivity contribution in [2.24, 2.45) is 0 Å². The number of carbonyl (C=O) groups is 2. The van der Waals surface area contributed by atoms with Crippen molar-refractivity contribution in [2.75, 3.05) is 11.4 Å². The number of rotatable bonds is 4. The number of nitrogens with one attached hydrogen (secondary N) is 1. The van der Waals surface area contributed by atoms with E-state index in [2.05, 4.69) is 5.32 Å². The zero-order valence-corrected chi connectivity index (χ0v) is 14.0. The normalized spacial score (nSPS) is 17.5. The lowest BCUT2D eigenvalue weighted by Gasteiger charge is -2.32. The van der Waals surface area contributed by atoms with Gasteiger partial charge in [0, 0.05) is 0 Å². The fraction of sp³-hybridized carbons (Fsp3) is 0.263. The van der Waals surface area contributed by atoms with Crippen molar-refractivity contribution in [1.82, 2.24) is 5.32 Å². The zero-order valence-electron chi connectivity index (χ0n) is 14.0. The number of halogens is 1. The number of ether oxygens (including phenoxy) is 1. The molecule has 0 saturated heterocycles. The van der Waals surface area contributed by atoms with Gasteiger partial charge in [-0.05, 0) is 43.7 Å². The number of hydrogen-bond acceptors (Lipinski definition) is 3. The number of amides is 2. The van der Waals surface area contributed by atoms with Crippen molar-refractivity contribution < 1.29 is 18.7 Å². The van der Waals surface area contributed by atoms with Gasteiger partial charge in [0.25, 0.3) is 5.91 Å². The second-order valence-electron chi connectivity index (χ2n) is 5.99. The number of para-hydroxylation sites is 2. The minimum Gasteiger partial charge on any atom is -0.479 e. The van der Waals surface area contributed by atoms with Crippen LogP contribution in [-0.4, -0.2) is 24.5 Å². The summed E-state index contributed by atoms with van der Waals surface area (Å²) in [5.74, 6) is -0.307. The van der Waals surface area contributed by atoms with E-state index in [1.54, 1.807) is 37.3 Å². The Bertz CT molecular complexity index is 792. The molecule has 1 aliphatic heterocycles. The number of nitrogens with zero attached hydrogens (tertiary/aromatic N) is 1. The third kappa shape index (κ3) is 3.63. The summed E-state index contributed by atoms with van der Waals surface area (Å²) in [6.07, 6.45) is -0.641. The molecule has 130 valence electrons. The van der Waals surface area contributed by atoms with Gasteiger partial charge >= 0.3 is 0 Å². The second-order valence-corrected chi connectivity index (χ2v) is 5.99. The third-order valence-corrected chi connectivity index (χ3v) is 4.12. The SMILES string of the molecule is CC1Oc2ccccc2N(CC(=O)NC(C)c2ccc(F)cc2)C1=O. The molecule has 0 bridgehead atoms. The van der Waals surface area contributed by atoms with Gasteiger partial charge in [0.05, 0.1) is 11.7 Å². The molecule has 6 heteroatoms. The fourth-order valence-corrected chi connectivity index (χ4v) is 2.79. The minimum absolute atomic E-state index is 0.102. The molecule has 3 rings (SSSR count). The Morgan fingerprint density at radius 2 is 1.92 bits per heavy atom. The molecule has 2 amide bonds. The van der Waals surface area contributed by atoms with Crippen LogP contribution in [0.1, 0.15) is 25.5 Å². The molecule has 1 aliphatic rings. The molecular formula is C19H19FN2O3. The van der Waals surface area contributed by atoms with Crippen LogP contribution in [0.5, 0.6) is 5.75 Å². The first-order chi connectivity index (χ1) is 12.0. The van der Waals surface area contributed by atoms with Gasteiger partial charge in [0.2, 0.25) is 5.91 Å². The lowest BCUT2D eigenvalue weighted by molar-refractivity contribution is -0.128. The van der Waals surface area contributed by atoms with Crippen LogP contribution in [0.25, 0.3) is 0 Å². The van der Waals surface area contributed by atoms with E-state index in [0.29, 0.717) is 11.4 Å². The average molecular weight is 342 g/mol. The first kappa shape index (κ1) is 17.0. The Labute approximate surface area is 145 Å². The maximum absolute atomic E-state index is 13.0. The van der Waals surface area contributed by atoms with Crippen molar-refractivity contribution in [3.63, 3.8) is 0 Å². The molecule has 0 fully saturated rings. The molecule has 0 spiro atoms. The first-order valence-electron chi connectivity index (χ1n) is 8.07. The van der Waals surface area contributed by atoms with Crippen LogP contribution in [0.4, 0.5) is 10.1 Å². The van der Waals surface area contributed by atoms with Crippen molar-refractivity contribution in [2.45, 2.75) is 26.0 Å². The van der Waals surface area contributed by atoms with Gasteiger partial charge in [-0.15, -0.1) is 0 Å². The van der Waals surface area contributed by atoms with Crippen LogP contribution in [0.15, 0.2) is 48.5 Å². The van der Waals surface area contributed by atoms with Crippen molar-refractivity contribution in [3.8, 4) is 5.75 Å². The highest BCUT2D eigenvalue weighted by atomic mass is 19.1. The van der Waals surface area contributed by atoms with Gasteiger partial charge in [0.1, 0.15) is 18.1 Å². The fourth-order valence-electron chi connectivity index (χ4n) is 2.79. The maximum Gasteiger partial charge on any atom is 0.268 e. The first-order valence-corrected chi connectivity index (χ1v) is 8.07. The monoisotopic (exact) mass is 342 g/mol. The predicted molar refractivity (Wildman–Crippen MR) is 91.8 cm³/mol. The Hall–Kier alpha value is -2.89. The van der Waals surface area contributed by atoms with E-state index in [-0.39, 0.29) is 30.2 Å². The summed E-state index contributed by atoms with van der Waals surface area (Å²) in [6.45, 7) is 3.36. The summed E-state index contributed by atoms with van der Waals surface area (Å²) >= 11 is 0. The summed E-state index contributed by atoms with van der Waals surface area (Å²) in [4.78, 5) is 26.2. The van der Waals surface area contributed by atoms with Crippen molar-refractivity contribution >= 4 is 17.5 Å². The molecule has 0 aromatic heterocycles. The molecule has 0 saturated carbocycles. The molecule has 1 N–H and O–H groups in total. The van der Waals surface area contributed by atoms with E-state index in [1.165, 1.54) is 17.0 Å². The van der Waals surface area contributed by atoms with E-state index in [9.17, 15) is 14.0 Å². The largest absolute Gasteiger partial charge is 0.479 e. The van der Waals surface area contributed by atoms with Crippen LogP contribution in [0.2, 0.25) is 0 Å². The number of benzene rings is 2. The number of anilines is 1. The summed E-state index contributed by atoms with van der Waals surface area (Å²) < 4.78 is 18.6. The molecule has 0 aliphatic carbocycles. The number of carbonyl (C=O) groups excluding carboxylic acids is 2. The van der Waals surface area contributed by atoms with E-state index in [1.807, 2.05) is 13.0 Å². The van der Waals surface area contributed by atoms with Gasteiger partial charge < -0.3 is 10.1 Å². The standard InChI is InChI=1S/C19H19FN2O3/c1-12(14-7-9-15(20)10-8-14)21-18(23)11-22-16-5-3-4-6-17(16)25-13(2)19(22)24/h3-10,12-13H,11H2,1-2H3,(H,21,23). The molecule has 2 aromatic carbocycles. The van der Waals surface area contributed by atoms with Gasteiger partial charge in [0.15, 0.2) is 6.10 Å². The Balaban J connectivity index is 1.72. The second kappa shape index (κ2) is 6.93. The van der Waals surface area contributed by atoms with Crippen LogP contribution in [0.3, 0.4) is 0 Å². The van der Waals surface area contributed by atoms with E-state index >= 15 is 0 Å². The highest BCUT2D eigenvalue weighted by Crippen LogP contribution is 2.33. The van der Waals surface area contributed by atoms with Crippen LogP contribution in [-0.2, 0) is 9.59 Å². The molecule has 25 heavy (non-hydrogen) atoms. The summed E-state index contributed by atoms with van der Waals surface area (Å²) in [6, 6.07) is 12.8. The molecule has 2 atom stereocenters. The summed E-state index contributed by atoms with van der Waals surface area (Å²) in [7, 11) is 0. The Kier molecular flexibility index (Phi) is 4.70. The molecule has 5 nitrogen and oxygen atoms in total. The maximum atomic E-state index is 13.0. The van der Waals surface area contributed by atoms with Crippen molar-refractivity contribution in [1.29, 1.82) is 0 Å². The van der Waals surface area contributed by atoms with Gasteiger partial charge in [-0.2, -0.15) is 0 Å². The van der Waals surface area contributed by atoms with Crippen LogP contribution in [0, 0.1) is 5.82 Å². The Morgan fingerprint density at radius 1 is 1.24 bits per heavy atom. The van der Waals surface area contributed by atoms with Gasteiger partial charge in [-0.25, -0.2) is 4.39 Å². The van der Waals surface area contributed by atoms with Gasteiger partial charge in [-0.1, -0.05) is 24.3 Å². The van der Waals surface area contributed by atoms with Gasteiger partial charge in [-0.3, -0.25) is 14.5 Å². The molecule has 2 aromatic rings. The lowest BCUT2D eigenvalue weighted by atomic mass is 10.1. The van der Waals surface area contributed by atoms with E-state index in [0.717, 1.165) is 5.56 Å². The van der Waals surface area contributed by atoms with Crippen LogP contribution < -0.4 is 15.0 Å². The van der Waals surface area contributed by atoms with E-state index in [4.69, 9.17) is 4.74 Å². The summed E-state index contributed by atoms with van der Waals surface area (Å²) in [5, 5.41) is 2.83. The molecular weight excluding hydrogens is 323 g/mol. The minimum atomic E-state index is -0.641. The number of hydrogen-bond donors (Lipinski definition) is 1. The van der Waals surface area contributed by atoms with E-state index < -0.39 is 6.10 Å². The predicted octanol–water partition coefficient (Wildman–Crippen LogP) is 2.82. The highest BCUT2D eigenvalue weighted by Gasteiger charge is 2.32. The third-order valence-electron chi connectivity index (χ3n) is 4.12. The smallest absolute Gasteiger partial charge is 0.268 e. The molecule has 2 unspecified atom stereocenters. The highest BCUT2D eigenvalue weighted by molar-refractivity contribution is 6.03. The topological polar surface area (TPSA) is 58.6 Å². The quantitative estimate of drug-likeness (QED) is 0.929. The number of fused-ring (bicyclic) bond motifs is 1.